The van der Waals surface area contributed by atoms with Crippen LogP contribution in [0, 0.1) is 0 Å². The molecule has 0 atom stereocenters. The predicted molar refractivity (Wildman–Crippen MR) is 125 cm³/mol. The zero-order chi connectivity index (χ0) is 20.6. The molecular formula is C27H24N2O. The van der Waals surface area contributed by atoms with E-state index >= 15 is 0 Å². The maximum atomic E-state index is 13.3. The summed E-state index contributed by atoms with van der Waals surface area (Å²) in [5.41, 5.74) is 4.01. The van der Waals surface area contributed by atoms with Crippen molar-refractivity contribution >= 4 is 28.5 Å². The first kappa shape index (κ1) is 19.5. The van der Waals surface area contributed by atoms with Crippen molar-refractivity contribution in [2.75, 3.05) is 22.9 Å². The van der Waals surface area contributed by atoms with E-state index < -0.39 is 0 Å². The topological polar surface area (TPSA) is 23.6 Å². The van der Waals surface area contributed by atoms with Gasteiger partial charge < -0.3 is 9.80 Å². The van der Waals surface area contributed by atoms with Gasteiger partial charge in [0, 0.05) is 22.7 Å². The van der Waals surface area contributed by atoms with Crippen molar-refractivity contribution in [1.29, 1.82) is 0 Å². The van der Waals surface area contributed by atoms with E-state index in [4.69, 9.17) is 0 Å². The lowest BCUT2D eigenvalue weighted by molar-refractivity contribution is -0.116. The standard InChI is InChI=1S/C27H24N2O/c30-27(21-28(23-13-5-1-6-14-23)24-15-7-2-8-16-24)22-29(25-17-9-3-10-18-25)26-19-11-4-12-20-26/h1-20H,21-22H2. The molecule has 3 heteroatoms. The van der Waals surface area contributed by atoms with E-state index in [1.54, 1.807) is 0 Å². The highest BCUT2D eigenvalue weighted by Crippen LogP contribution is 2.27. The van der Waals surface area contributed by atoms with Gasteiger partial charge in [0.05, 0.1) is 13.1 Å². The summed E-state index contributed by atoms with van der Waals surface area (Å²) >= 11 is 0. The second-order valence-corrected chi connectivity index (χ2v) is 7.05. The number of carbonyl (C=O) groups excluding carboxylic acids is 1. The minimum absolute atomic E-state index is 0.135. The van der Waals surface area contributed by atoms with Gasteiger partial charge in [-0.3, -0.25) is 4.79 Å². The minimum Gasteiger partial charge on any atom is -0.334 e. The molecule has 0 fully saturated rings. The van der Waals surface area contributed by atoms with Crippen LogP contribution in [0.15, 0.2) is 121 Å². The fourth-order valence-electron chi connectivity index (χ4n) is 3.50. The van der Waals surface area contributed by atoms with Gasteiger partial charge in [0.2, 0.25) is 0 Å². The molecule has 0 bridgehead atoms. The van der Waals surface area contributed by atoms with Gasteiger partial charge in [-0.25, -0.2) is 0 Å². The van der Waals surface area contributed by atoms with Gasteiger partial charge in [0.25, 0.3) is 0 Å². The van der Waals surface area contributed by atoms with Gasteiger partial charge in [-0.15, -0.1) is 0 Å². The number of ketones is 1. The SMILES string of the molecule is O=C(CN(c1ccccc1)c1ccccc1)CN(c1ccccc1)c1ccccc1. The zero-order valence-corrected chi connectivity index (χ0v) is 16.8. The maximum Gasteiger partial charge on any atom is 0.172 e. The lowest BCUT2D eigenvalue weighted by atomic mass is 10.2. The Labute approximate surface area is 177 Å². The number of Topliss-reactive ketones (excluding diaryl/α,β-unsaturated/α-hetero) is 1. The number of benzene rings is 4. The number of nitrogens with zero attached hydrogens (tertiary/aromatic N) is 2. The Hall–Kier alpha value is -3.85. The van der Waals surface area contributed by atoms with Crippen molar-refractivity contribution in [3.05, 3.63) is 121 Å². The molecule has 4 rings (SSSR count). The number of rotatable bonds is 8. The van der Waals surface area contributed by atoms with Crippen LogP contribution in [0.1, 0.15) is 0 Å². The van der Waals surface area contributed by atoms with Crippen LogP contribution >= 0.6 is 0 Å². The van der Waals surface area contributed by atoms with E-state index in [9.17, 15) is 4.79 Å². The van der Waals surface area contributed by atoms with Gasteiger partial charge in [-0.05, 0) is 48.5 Å². The number of carbonyl (C=O) groups is 1. The molecule has 0 aromatic heterocycles. The molecule has 4 aromatic rings. The molecule has 0 N–H and O–H groups in total. The van der Waals surface area contributed by atoms with Crippen molar-refractivity contribution in [2.24, 2.45) is 0 Å². The highest BCUT2D eigenvalue weighted by Gasteiger charge is 2.18. The molecule has 0 saturated heterocycles. The molecule has 0 radical (unpaired) electrons. The third-order valence-electron chi connectivity index (χ3n) is 4.94. The lowest BCUT2D eigenvalue weighted by Crippen LogP contribution is -2.33. The smallest absolute Gasteiger partial charge is 0.172 e. The van der Waals surface area contributed by atoms with Crippen LogP contribution < -0.4 is 9.80 Å². The molecule has 148 valence electrons. The van der Waals surface area contributed by atoms with Crippen LogP contribution in [0.2, 0.25) is 0 Å². The Bertz CT molecular complexity index is 885. The average Bonchev–Trinajstić information content (AvgIpc) is 2.83. The molecule has 0 unspecified atom stereocenters. The Balaban J connectivity index is 1.60. The second-order valence-electron chi connectivity index (χ2n) is 7.05. The summed E-state index contributed by atoms with van der Waals surface area (Å²) < 4.78 is 0. The fourth-order valence-corrected chi connectivity index (χ4v) is 3.50. The molecule has 0 aliphatic carbocycles. The Morgan fingerprint density at radius 1 is 0.433 bits per heavy atom. The summed E-state index contributed by atoms with van der Waals surface area (Å²) in [4.78, 5) is 17.4. The van der Waals surface area contributed by atoms with E-state index in [2.05, 4.69) is 9.80 Å². The number of anilines is 4. The fraction of sp³-hybridized carbons (Fsp3) is 0.0741. The molecule has 0 heterocycles. The predicted octanol–water partition coefficient (Wildman–Crippen LogP) is 6.23. The molecule has 0 spiro atoms. The third kappa shape index (κ3) is 4.76. The Kier molecular flexibility index (Phi) is 6.21. The molecule has 0 amide bonds. The molecule has 4 aromatic carbocycles. The summed E-state index contributed by atoms with van der Waals surface area (Å²) in [7, 11) is 0. The van der Waals surface area contributed by atoms with Crippen molar-refractivity contribution < 1.29 is 4.79 Å². The first-order chi connectivity index (χ1) is 14.8. The molecule has 3 nitrogen and oxygen atoms in total. The van der Waals surface area contributed by atoms with Crippen LogP contribution in [0.4, 0.5) is 22.7 Å². The quantitative estimate of drug-likeness (QED) is 0.355. The highest BCUT2D eigenvalue weighted by atomic mass is 16.1. The Morgan fingerprint density at radius 2 is 0.667 bits per heavy atom. The summed E-state index contributed by atoms with van der Waals surface area (Å²) in [6.07, 6.45) is 0. The van der Waals surface area contributed by atoms with Gasteiger partial charge in [-0.1, -0.05) is 72.8 Å². The summed E-state index contributed by atoms with van der Waals surface area (Å²) in [6.45, 7) is 0.592. The van der Waals surface area contributed by atoms with Crippen molar-refractivity contribution in [3.63, 3.8) is 0 Å². The van der Waals surface area contributed by atoms with Crippen LogP contribution in [-0.2, 0) is 4.79 Å². The Morgan fingerprint density at radius 3 is 0.900 bits per heavy atom. The first-order valence-electron chi connectivity index (χ1n) is 10.1. The second kappa shape index (κ2) is 9.57. The van der Waals surface area contributed by atoms with Gasteiger partial charge in [0.1, 0.15) is 0 Å². The van der Waals surface area contributed by atoms with Crippen molar-refractivity contribution in [1.82, 2.24) is 0 Å². The highest BCUT2D eigenvalue weighted by molar-refractivity contribution is 5.91. The van der Waals surface area contributed by atoms with E-state index in [1.807, 2.05) is 121 Å². The average molecular weight is 393 g/mol. The molecule has 0 saturated carbocycles. The molecule has 0 aliphatic rings. The minimum atomic E-state index is 0.135. The van der Waals surface area contributed by atoms with E-state index in [1.165, 1.54) is 0 Å². The largest absolute Gasteiger partial charge is 0.334 e. The number of hydrogen-bond donors (Lipinski definition) is 0. The van der Waals surface area contributed by atoms with Gasteiger partial charge in [-0.2, -0.15) is 0 Å². The van der Waals surface area contributed by atoms with Crippen LogP contribution in [0.25, 0.3) is 0 Å². The van der Waals surface area contributed by atoms with Crippen molar-refractivity contribution in [2.45, 2.75) is 0 Å². The van der Waals surface area contributed by atoms with Crippen LogP contribution in [-0.4, -0.2) is 18.9 Å². The summed E-state index contributed by atoms with van der Waals surface area (Å²) in [6, 6.07) is 40.2. The first-order valence-corrected chi connectivity index (χ1v) is 10.1. The monoisotopic (exact) mass is 392 g/mol. The lowest BCUT2D eigenvalue weighted by Gasteiger charge is -2.28. The van der Waals surface area contributed by atoms with Crippen LogP contribution in [0.3, 0.4) is 0 Å². The van der Waals surface area contributed by atoms with E-state index in [0.29, 0.717) is 13.1 Å². The van der Waals surface area contributed by atoms with Gasteiger partial charge in [0.15, 0.2) is 5.78 Å². The van der Waals surface area contributed by atoms with E-state index in [0.717, 1.165) is 22.7 Å². The zero-order valence-electron chi connectivity index (χ0n) is 16.8. The molecular weight excluding hydrogens is 368 g/mol. The third-order valence-corrected chi connectivity index (χ3v) is 4.94. The number of hydrogen-bond acceptors (Lipinski definition) is 3. The van der Waals surface area contributed by atoms with Gasteiger partial charge >= 0.3 is 0 Å². The number of para-hydroxylation sites is 4. The summed E-state index contributed by atoms with van der Waals surface area (Å²) in [5.74, 6) is 0.135. The maximum absolute atomic E-state index is 13.3. The normalized spacial score (nSPS) is 10.4. The van der Waals surface area contributed by atoms with Crippen LogP contribution in [0.5, 0.6) is 0 Å². The molecule has 30 heavy (non-hydrogen) atoms. The summed E-state index contributed by atoms with van der Waals surface area (Å²) in [5, 5.41) is 0. The van der Waals surface area contributed by atoms with E-state index in [-0.39, 0.29) is 5.78 Å². The van der Waals surface area contributed by atoms with Crippen molar-refractivity contribution in [3.8, 4) is 0 Å². The molecule has 0 aliphatic heterocycles.